The minimum absolute atomic E-state index is 0.0342. The van der Waals surface area contributed by atoms with E-state index < -0.39 is 22.5 Å². The average molecular weight is 729 g/mol. The highest BCUT2D eigenvalue weighted by molar-refractivity contribution is 9.10. The summed E-state index contributed by atoms with van der Waals surface area (Å²) in [4.78, 5) is 43.0. The molecule has 1 atom stereocenters. The molecule has 1 aromatic heterocycles. The number of carbonyl (C=O) groups excluding carboxylic acids is 1. The van der Waals surface area contributed by atoms with Gasteiger partial charge in [-0.1, -0.05) is 41.1 Å². The van der Waals surface area contributed by atoms with Crippen molar-refractivity contribution in [3.05, 3.63) is 122 Å². The molecule has 2 heterocycles. The number of rotatable bonds is 11. The fourth-order valence-electron chi connectivity index (χ4n) is 4.88. The number of aromatic nitrogens is 1. The molecule has 14 heteroatoms. The standard InChI is InChI=1S/C32H27BrClN3O8S/c1-4-43-25-10-9-20(15-26(25)44-5-2)28-22(31(39)42-3)16-35-32-36(28)30(38)27(46-32)14-19-12-23(33)29(24(13-19)37(40)41)45-17-18-7-6-8-21(34)11-18/h6-16,28H,4-5,17H2,1-3H3/b27-14+/t28-/m1/s1. The number of carbonyl (C=O) groups is 1. The molecule has 1 aliphatic heterocycles. The summed E-state index contributed by atoms with van der Waals surface area (Å²) in [5.74, 6) is 0.367. The summed E-state index contributed by atoms with van der Waals surface area (Å²) in [5, 5.41) is 12.6. The summed E-state index contributed by atoms with van der Waals surface area (Å²) in [6, 6.07) is 14.2. The quantitative estimate of drug-likeness (QED) is 0.109. The normalized spacial score (nSPS) is 14.2. The second kappa shape index (κ2) is 14.3. The number of nitro groups is 1. The van der Waals surface area contributed by atoms with Gasteiger partial charge in [-0.2, -0.15) is 0 Å². The van der Waals surface area contributed by atoms with E-state index >= 15 is 0 Å². The van der Waals surface area contributed by atoms with Crippen molar-refractivity contribution in [2.24, 2.45) is 4.99 Å². The number of hydrogen-bond acceptors (Lipinski definition) is 10. The molecule has 0 aliphatic carbocycles. The maximum atomic E-state index is 14.0. The molecule has 0 saturated heterocycles. The Morgan fingerprint density at radius 1 is 1.11 bits per heavy atom. The van der Waals surface area contributed by atoms with Crippen molar-refractivity contribution in [2.45, 2.75) is 26.5 Å². The first-order valence-corrected chi connectivity index (χ1v) is 16.0. The summed E-state index contributed by atoms with van der Waals surface area (Å²) >= 11 is 10.5. The molecule has 0 fully saturated rings. The third-order valence-corrected chi connectivity index (χ3v) is 8.64. The van der Waals surface area contributed by atoms with E-state index in [2.05, 4.69) is 20.9 Å². The number of thiazole rings is 1. The fourth-order valence-corrected chi connectivity index (χ4v) is 6.65. The van der Waals surface area contributed by atoms with E-state index in [1.165, 1.54) is 30.0 Å². The van der Waals surface area contributed by atoms with Gasteiger partial charge in [-0.25, -0.2) is 9.79 Å². The second-order valence-corrected chi connectivity index (χ2v) is 12.1. The number of hydrogen-bond donors (Lipinski definition) is 0. The van der Waals surface area contributed by atoms with Crippen LogP contribution in [0.4, 0.5) is 5.69 Å². The Morgan fingerprint density at radius 3 is 2.57 bits per heavy atom. The van der Waals surface area contributed by atoms with Gasteiger partial charge in [0.25, 0.3) is 5.56 Å². The average Bonchev–Trinajstić information content (AvgIpc) is 3.35. The summed E-state index contributed by atoms with van der Waals surface area (Å²) in [7, 11) is 1.25. The molecule has 1 aliphatic rings. The van der Waals surface area contributed by atoms with Crippen LogP contribution in [0.3, 0.4) is 0 Å². The van der Waals surface area contributed by atoms with Crippen LogP contribution in [-0.4, -0.2) is 35.8 Å². The smallest absolute Gasteiger partial charge is 0.337 e. The first-order chi connectivity index (χ1) is 22.1. The number of fused-ring (bicyclic) bond motifs is 1. The van der Waals surface area contributed by atoms with E-state index in [1.807, 2.05) is 13.8 Å². The largest absolute Gasteiger partial charge is 0.490 e. The topological polar surface area (TPSA) is 131 Å². The highest BCUT2D eigenvalue weighted by Crippen LogP contribution is 2.38. The van der Waals surface area contributed by atoms with Crippen LogP contribution < -0.4 is 29.1 Å². The van der Waals surface area contributed by atoms with Crippen LogP contribution >= 0.6 is 38.9 Å². The van der Waals surface area contributed by atoms with Crippen LogP contribution in [0.5, 0.6) is 17.2 Å². The third-order valence-electron chi connectivity index (χ3n) is 6.82. The van der Waals surface area contributed by atoms with Crippen molar-refractivity contribution in [2.75, 3.05) is 20.3 Å². The number of methoxy groups -OCH3 is 1. The summed E-state index contributed by atoms with van der Waals surface area (Å²) < 4.78 is 24.3. The van der Waals surface area contributed by atoms with Crippen LogP contribution in [0.15, 0.2) is 80.6 Å². The monoisotopic (exact) mass is 727 g/mol. The third kappa shape index (κ3) is 6.86. The molecule has 0 unspecified atom stereocenters. The lowest BCUT2D eigenvalue weighted by molar-refractivity contribution is -0.386. The minimum atomic E-state index is -0.885. The van der Waals surface area contributed by atoms with Crippen molar-refractivity contribution in [1.82, 2.24) is 4.57 Å². The highest BCUT2D eigenvalue weighted by Gasteiger charge is 2.31. The molecule has 0 spiro atoms. The summed E-state index contributed by atoms with van der Waals surface area (Å²) in [5.41, 5.74) is 1.09. The van der Waals surface area contributed by atoms with E-state index in [1.54, 1.807) is 48.5 Å². The molecule has 0 bridgehead atoms. The molecule has 0 saturated carbocycles. The molecular weight excluding hydrogens is 702 g/mol. The second-order valence-electron chi connectivity index (χ2n) is 9.77. The van der Waals surface area contributed by atoms with Crippen LogP contribution in [0.25, 0.3) is 6.08 Å². The van der Waals surface area contributed by atoms with Crippen molar-refractivity contribution >= 4 is 56.6 Å². The van der Waals surface area contributed by atoms with Gasteiger partial charge in [-0.15, -0.1) is 0 Å². The molecule has 0 amide bonds. The van der Waals surface area contributed by atoms with Crippen molar-refractivity contribution < 1.29 is 28.7 Å². The van der Waals surface area contributed by atoms with Crippen molar-refractivity contribution in [3.63, 3.8) is 0 Å². The van der Waals surface area contributed by atoms with E-state index in [0.717, 1.165) is 16.9 Å². The first-order valence-electron chi connectivity index (χ1n) is 14.0. The van der Waals surface area contributed by atoms with Gasteiger partial charge in [-0.05, 0) is 82.9 Å². The van der Waals surface area contributed by atoms with E-state index in [-0.39, 0.29) is 28.1 Å². The number of benzene rings is 3. The maximum absolute atomic E-state index is 14.0. The van der Waals surface area contributed by atoms with Crippen molar-refractivity contribution in [3.8, 4) is 17.2 Å². The number of ether oxygens (including phenoxy) is 4. The van der Waals surface area contributed by atoms with Crippen LogP contribution in [0.1, 0.15) is 36.6 Å². The lowest BCUT2D eigenvalue weighted by atomic mass is 9.97. The molecule has 3 aromatic carbocycles. The van der Waals surface area contributed by atoms with Gasteiger partial charge >= 0.3 is 11.7 Å². The first kappa shape index (κ1) is 32.9. The van der Waals surface area contributed by atoms with Gasteiger partial charge in [-0.3, -0.25) is 19.5 Å². The number of esters is 1. The van der Waals surface area contributed by atoms with Gasteiger partial charge in [0.05, 0.1) is 45.9 Å². The molecule has 5 rings (SSSR count). The molecule has 46 heavy (non-hydrogen) atoms. The molecular formula is C32H27BrClN3O8S. The molecule has 4 aromatic rings. The van der Waals surface area contributed by atoms with Gasteiger partial charge in [0.2, 0.25) is 5.75 Å². The zero-order valence-corrected chi connectivity index (χ0v) is 28.0. The summed E-state index contributed by atoms with van der Waals surface area (Å²) in [6.45, 7) is 4.54. The Morgan fingerprint density at radius 2 is 1.87 bits per heavy atom. The molecule has 11 nitrogen and oxygen atoms in total. The predicted octanol–water partition coefficient (Wildman–Crippen LogP) is 5.72. The van der Waals surface area contributed by atoms with E-state index in [4.69, 9.17) is 30.5 Å². The SMILES string of the molecule is CCOc1ccc([C@@H]2C(C(=O)OC)=CN=c3s/c(=C/c4cc(Br)c(OCc5cccc(Cl)c5)c([N+](=O)[O-])c4)c(=O)n32)cc1OCC. The van der Waals surface area contributed by atoms with Crippen LogP contribution in [-0.2, 0) is 16.1 Å². The number of nitro benzene ring substituents is 1. The van der Waals surface area contributed by atoms with Crippen LogP contribution in [0, 0.1) is 10.1 Å². The van der Waals surface area contributed by atoms with E-state index in [0.29, 0.717) is 50.1 Å². The van der Waals surface area contributed by atoms with Crippen LogP contribution in [0.2, 0.25) is 5.02 Å². The number of halogens is 2. The fraction of sp³-hybridized carbons (Fsp3) is 0.219. The van der Waals surface area contributed by atoms with Gasteiger partial charge in [0, 0.05) is 17.3 Å². The van der Waals surface area contributed by atoms with Gasteiger partial charge < -0.3 is 18.9 Å². The zero-order valence-electron chi connectivity index (χ0n) is 24.8. The van der Waals surface area contributed by atoms with E-state index in [9.17, 15) is 19.7 Å². The Kier molecular flexibility index (Phi) is 10.2. The lowest BCUT2D eigenvalue weighted by Gasteiger charge is -2.23. The highest BCUT2D eigenvalue weighted by atomic mass is 79.9. The Labute approximate surface area is 280 Å². The lowest BCUT2D eigenvalue weighted by Crippen LogP contribution is -2.39. The Balaban J connectivity index is 1.59. The Bertz CT molecular complexity index is 2040. The minimum Gasteiger partial charge on any atom is -0.490 e. The summed E-state index contributed by atoms with van der Waals surface area (Å²) in [6.07, 6.45) is 2.92. The zero-order chi connectivity index (χ0) is 33.0. The maximum Gasteiger partial charge on any atom is 0.337 e. The van der Waals surface area contributed by atoms with Gasteiger partial charge in [0.1, 0.15) is 6.61 Å². The van der Waals surface area contributed by atoms with Crippen molar-refractivity contribution in [1.29, 1.82) is 0 Å². The predicted molar refractivity (Wildman–Crippen MR) is 177 cm³/mol. The molecule has 0 radical (unpaired) electrons. The Hall–Kier alpha value is -4.46. The van der Waals surface area contributed by atoms with Gasteiger partial charge in [0.15, 0.2) is 16.3 Å². The molecule has 238 valence electrons. The molecule has 0 N–H and O–H groups in total. The number of nitrogens with zero attached hydrogens (tertiary/aromatic N) is 3.